The van der Waals surface area contributed by atoms with E-state index in [1.165, 1.54) is 6.07 Å². The number of alkyl halides is 3. The molecule has 0 aliphatic heterocycles. The maximum Gasteiger partial charge on any atom is 0.573 e. The van der Waals surface area contributed by atoms with E-state index in [1.54, 1.807) is 19.1 Å². The molecule has 1 aromatic carbocycles. The first-order chi connectivity index (χ1) is 11.2. The van der Waals surface area contributed by atoms with Crippen LogP contribution in [0.2, 0.25) is 0 Å². The van der Waals surface area contributed by atoms with Gasteiger partial charge in [0.25, 0.3) is 0 Å². The maximum atomic E-state index is 12.5. The number of aromatic nitrogens is 1. The van der Waals surface area contributed by atoms with Crippen molar-refractivity contribution in [3.8, 4) is 5.75 Å². The Morgan fingerprint density at radius 3 is 2.62 bits per heavy atom. The lowest BCUT2D eigenvalue weighted by molar-refractivity contribution is -0.274. The molecular weight excluding hydrogens is 321 g/mol. The number of carbonyl (C=O) groups is 1. The lowest BCUT2D eigenvalue weighted by Gasteiger charge is -2.12. The van der Waals surface area contributed by atoms with Crippen LogP contribution < -0.4 is 10.1 Å². The Bertz CT molecular complexity index is 776. The van der Waals surface area contributed by atoms with Gasteiger partial charge in [-0.25, -0.2) is 0 Å². The van der Waals surface area contributed by atoms with Crippen molar-refractivity contribution in [3.05, 3.63) is 29.5 Å². The van der Waals surface area contributed by atoms with Gasteiger partial charge < -0.3 is 15.0 Å². The zero-order valence-corrected chi connectivity index (χ0v) is 13.5. The number of H-pyrrole nitrogens is 1. The molecular formula is C17H19F3N2O2. The van der Waals surface area contributed by atoms with Crippen molar-refractivity contribution in [1.82, 2.24) is 10.3 Å². The van der Waals surface area contributed by atoms with Crippen LogP contribution in [0.3, 0.4) is 0 Å². The Kier molecular flexibility index (Phi) is 3.97. The second kappa shape index (κ2) is 5.72. The van der Waals surface area contributed by atoms with Crippen molar-refractivity contribution in [3.63, 3.8) is 0 Å². The summed E-state index contributed by atoms with van der Waals surface area (Å²) in [4.78, 5) is 15.1. The molecule has 1 aromatic heterocycles. The van der Waals surface area contributed by atoms with Gasteiger partial charge in [-0.3, -0.25) is 4.79 Å². The van der Waals surface area contributed by atoms with Crippen molar-refractivity contribution in [2.75, 3.05) is 0 Å². The number of halogens is 3. The Morgan fingerprint density at radius 1 is 1.33 bits per heavy atom. The van der Waals surface area contributed by atoms with Crippen LogP contribution >= 0.6 is 0 Å². The summed E-state index contributed by atoms with van der Waals surface area (Å²) in [7, 11) is 0. The summed E-state index contributed by atoms with van der Waals surface area (Å²) >= 11 is 0. The van der Waals surface area contributed by atoms with Gasteiger partial charge in [0.1, 0.15) is 5.75 Å². The van der Waals surface area contributed by atoms with Gasteiger partial charge in [0.15, 0.2) is 0 Å². The first kappa shape index (κ1) is 16.7. The Labute approximate surface area is 137 Å². The minimum atomic E-state index is -4.72. The number of hydrogen-bond donors (Lipinski definition) is 2. The fourth-order valence-electron chi connectivity index (χ4n) is 2.66. The summed E-state index contributed by atoms with van der Waals surface area (Å²) in [6.45, 7) is 4.01. The number of rotatable bonds is 5. The van der Waals surface area contributed by atoms with Gasteiger partial charge >= 0.3 is 6.36 Å². The summed E-state index contributed by atoms with van der Waals surface area (Å²) in [5.74, 6) is -0.172. The van der Waals surface area contributed by atoms with E-state index in [1.807, 2.05) is 6.92 Å². The van der Waals surface area contributed by atoms with Crippen LogP contribution in [0, 0.1) is 5.41 Å². The standard InChI is InChI=1S/C17H19F3N2O2/c1-3-10-7-13-11(8-14(10)24-17(18,19)20)6-12(22-13)9-21-15(23)16(2)4-5-16/h6-8,22H,3-5,9H2,1-2H3,(H,21,23). The first-order valence-electron chi connectivity index (χ1n) is 7.89. The molecule has 3 rings (SSSR count). The van der Waals surface area contributed by atoms with Crippen LogP contribution in [0.4, 0.5) is 13.2 Å². The van der Waals surface area contributed by atoms with Crippen LogP contribution in [0.15, 0.2) is 18.2 Å². The SMILES string of the molecule is CCc1cc2[nH]c(CNC(=O)C3(C)CC3)cc2cc1OC(F)(F)F. The third-order valence-electron chi connectivity index (χ3n) is 4.45. The highest BCUT2D eigenvalue weighted by Gasteiger charge is 2.44. The van der Waals surface area contributed by atoms with Gasteiger partial charge in [-0.1, -0.05) is 13.8 Å². The number of aromatic amines is 1. The quantitative estimate of drug-likeness (QED) is 0.863. The molecule has 2 aromatic rings. The Hall–Kier alpha value is -2.18. The fraction of sp³-hybridized carbons (Fsp3) is 0.471. The number of aryl methyl sites for hydroxylation is 1. The van der Waals surface area contributed by atoms with E-state index in [9.17, 15) is 18.0 Å². The lowest BCUT2D eigenvalue weighted by Crippen LogP contribution is -2.29. The summed E-state index contributed by atoms with van der Waals surface area (Å²) in [5, 5.41) is 3.48. The molecule has 1 saturated carbocycles. The largest absolute Gasteiger partial charge is 0.573 e. The lowest BCUT2D eigenvalue weighted by atomic mass is 10.1. The van der Waals surface area contributed by atoms with Gasteiger partial charge in [-0.2, -0.15) is 0 Å². The number of fused-ring (bicyclic) bond motifs is 1. The van der Waals surface area contributed by atoms with E-state index in [2.05, 4.69) is 15.0 Å². The number of benzene rings is 1. The maximum absolute atomic E-state index is 12.5. The van der Waals surface area contributed by atoms with Crippen molar-refractivity contribution in [2.24, 2.45) is 5.41 Å². The summed E-state index contributed by atoms with van der Waals surface area (Å²) in [5.41, 5.74) is 1.69. The normalized spacial score (nSPS) is 16.2. The minimum Gasteiger partial charge on any atom is -0.405 e. The third-order valence-corrected chi connectivity index (χ3v) is 4.45. The molecule has 1 heterocycles. The van der Waals surface area contributed by atoms with Gasteiger partial charge in [0, 0.05) is 22.0 Å². The highest BCUT2D eigenvalue weighted by molar-refractivity contribution is 5.85. The van der Waals surface area contributed by atoms with Crippen molar-refractivity contribution in [1.29, 1.82) is 0 Å². The second-order valence-electron chi connectivity index (χ2n) is 6.49. The molecule has 7 heteroatoms. The van der Waals surface area contributed by atoms with Crippen LogP contribution in [-0.2, 0) is 17.8 Å². The van der Waals surface area contributed by atoms with Gasteiger partial charge in [0.05, 0.1) is 6.54 Å². The first-order valence-corrected chi connectivity index (χ1v) is 7.89. The number of carbonyl (C=O) groups excluding carboxylic acids is 1. The van der Waals surface area contributed by atoms with Crippen LogP contribution in [0.5, 0.6) is 5.75 Å². The molecule has 0 saturated heterocycles. The molecule has 1 amide bonds. The molecule has 1 aliphatic carbocycles. The third kappa shape index (κ3) is 3.49. The molecule has 0 spiro atoms. The predicted molar refractivity (Wildman–Crippen MR) is 83.5 cm³/mol. The van der Waals surface area contributed by atoms with E-state index in [0.29, 0.717) is 23.9 Å². The summed E-state index contributed by atoms with van der Waals surface area (Å²) < 4.78 is 41.6. The molecule has 0 atom stereocenters. The van der Waals surface area contributed by atoms with E-state index >= 15 is 0 Å². The molecule has 0 unspecified atom stereocenters. The molecule has 1 fully saturated rings. The second-order valence-corrected chi connectivity index (χ2v) is 6.49. The summed E-state index contributed by atoms with van der Waals surface area (Å²) in [6.07, 6.45) is -2.51. The highest BCUT2D eigenvalue weighted by Crippen LogP contribution is 2.45. The van der Waals surface area contributed by atoms with E-state index in [-0.39, 0.29) is 17.1 Å². The molecule has 2 N–H and O–H groups in total. The molecule has 130 valence electrons. The number of ether oxygens (including phenoxy) is 1. The Balaban J connectivity index is 1.80. The van der Waals surface area contributed by atoms with Crippen molar-refractivity contribution >= 4 is 16.8 Å². The average molecular weight is 340 g/mol. The number of nitrogens with one attached hydrogen (secondary N) is 2. The number of amides is 1. The topological polar surface area (TPSA) is 54.1 Å². The molecule has 0 bridgehead atoms. The van der Waals surface area contributed by atoms with E-state index in [0.717, 1.165) is 24.1 Å². The molecule has 1 aliphatic rings. The van der Waals surface area contributed by atoms with Crippen LogP contribution in [0.1, 0.15) is 37.9 Å². The predicted octanol–water partition coefficient (Wildman–Crippen LogP) is 4.05. The zero-order valence-electron chi connectivity index (χ0n) is 13.5. The molecule has 24 heavy (non-hydrogen) atoms. The highest BCUT2D eigenvalue weighted by atomic mass is 19.4. The summed E-state index contributed by atoms with van der Waals surface area (Å²) in [6, 6.07) is 4.77. The van der Waals surface area contributed by atoms with Crippen LogP contribution in [0.25, 0.3) is 10.9 Å². The monoisotopic (exact) mass is 340 g/mol. The van der Waals surface area contributed by atoms with Gasteiger partial charge in [0.2, 0.25) is 5.91 Å². The molecule has 0 radical (unpaired) electrons. The van der Waals surface area contributed by atoms with E-state index < -0.39 is 6.36 Å². The fourth-order valence-corrected chi connectivity index (χ4v) is 2.66. The smallest absolute Gasteiger partial charge is 0.405 e. The Morgan fingerprint density at radius 2 is 2.04 bits per heavy atom. The van der Waals surface area contributed by atoms with Gasteiger partial charge in [-0.15, -0.1) is 13.2 Å². The van der Waals surface area contributed by atoms with Crippen LogP contribution in [-0.4, -0.2) is 17.3 Å². The van der Waals surface area contributed by atoms with Gasteiger partial charge in [-0.05, 0) is 43.0 Å². The zero-order chi connectivity index (χ0) is 17.5. The van der Waals surface area contributed by atoms with Crippen molar-refractivity contribution in [2.45, 2.75) is 46.0 Å². The number of hydrogen-bond acceptors (Lipinski definition) is 2. The molecule has 4 nitrogen and oxygen atoms in total. The van der Waals surface area contributed by atoms with Crippen molar-refractivity contribution < 1.29 is 22.7 Å². The van der Waals surface area contributed by atoms with E-state index in [4.69, 9.17) is 0 Å². The minimum absolute atomic E-state index is 0.0106. The average Bonchev–Trinajstić information content (AvgIpc) is 3.11.